The van der Waals surface area contributed by atoms with E-state index in [0.29, 0.717) is 5.56 Å². The molecular weight excluding hydrogens is 304 g/mol. The molecule has 2 rings (SSSR count). The van der Waals surface area contributed by atoms with Gasteiger partial charge in [-0.15, -0.1) is 0 Å². The van der Waals surface area contributed by atoms with E-state index in [9.17, 15) is 14.4 Å². The number of ether oxygens (including phenoxy) is 3. The van der Waals surface area contributed by atoms with Crippen LogP contribution in [-0.4, -0.2) is 39.2 Å². The molecule has 0 fully saturated rings. The molecule has 0 aliphatic rings. The van der Waals surface area contributed by atoms with Gasteiger partial charge in [-0.2, -0.15) is 0 Å². The molecule has 0 spiro atoms. The molecule has 0 unspecified atom stereocenters. The van der Waals surface area contributed by atoms with Crippen molar-refractivity contribution in [3.8, 4) is 11.3 Å². The summed E-state index contributed by atoms with van der Waals surface area (Å²) in [6, 6.07) is 6.38. The minimum absolute atomic E-state index is 0.0262. The topological polar surface area (TPSA) is 92.0 Å². The second-order valence-electron chi connectivity index (χ2n) is 4.37. The van der Waals surface area contributed by atoms with Crippen molar-refractivity contribution in [1.29, 1.82) is 0 Å². The standard InChI is InChI=1S/C16H14O7/c1-20-14(17)10-7-5-4-6-9(10)13-12(16(19)22-3)11(8-23-13)15(18)21-2/h4-8H,1-3H3. The average molecular weight is 318 g/mol. The Hall–Kier alpha value is -3.09. The van der Waals surface area contributed by atoms with Crippen molar-refractivity contribution in [1.82, 2.24) is 0 Å². The summed E-state index contributed by atoms with van der Waals surface area (Å²) in [5.74, 6) is -2.12. The van der Waals surface area contributed by atoms with Gasteiger partial charge in [-0.3, -0.25) is 0 Å². The Morgan fingerprint density at radius 1 is 0.826 bits per heavy atom. The van der Waals surface area contributed by atoms with Crippen molar-refractivity contribution in [2.45, 2.75) is 0 Å². The monoisotopic (exact) mass is 318 g/mol. The zero-order chi connectivity index (χ0) is 17.0. The van der Waals surface area contributed by atoms with Crippen molar-refractivity contribution >= 4 is 17.9 Å². The summed E-state index contributed by atoms with van der Waals surface area (Å²) in [6.07, 6.45) is 1.08. The molecule has 120 valence electrons. The fourth-order valence-electron chi connectivity index (χ4n) is 2.09. The first-order valence-corrected chi connectivity index (χ1v) is 6.51. The van der Waals surface area contributed by atoms with Crippen LogP contribution < -0.4 is 0 Å². The molecule has 23 heavy (non-hydrogen) atoms. The number of furan rings is 1. The third-order valence-electron chi connectivity index (χ3n) is 3.16. The second-order valence-corrected chi connectivity index (χ2v) is 4.37. The van der Waals surface area contributed by atoms with E-state index in [2.05, 4.69) is 4.74 Å². The maximum Gasteiger partial charge on any atom is 0.342 e. The molecule has 7 heteroatoms. The van der Waals surface area contributed by atoms with Gasteiger partial charge in [0, 0.05) is 5.56 Å². The van der Waals surface area contributed by atoms with E-state index >= 15 is 0 Å². The molecule has 1 aromatic heterocycles. The zero-order valence-electron chi connectivity index (χ0n) is 12.7. The molecule has 7 nitrogen and oxygen atoms in total. The maximum absolute atomic E-state index is 12.1. The summed E-state index contributed by atoms with van der Waals surface area (Å²) in [6.45, 7) is 0. The van der Waals surface area contributed by atoms with Gasteiger partial charge in [0.2, 0.25) is 0 Å². The highest BCUT2D eigenvalue weighted by Crippen LogP contribution is 2.32. The highest BCUT2D eigenvalue weighted by molar-refractivity contribution is 6.08. The van der Waals surface area contributed by atoms with Crippen molar-refractivity contribution in [2.75, 3.05) is 21.3 Å². The van der Waals surface area contributed by atoms with Crippen molar-refractivity contribution in [2.24, 2.45) is 0 Å². The Kier molecular flexibility index (Phi) is 4.80. The minimum Gasteiger partial charge on any atom is -0.465 e. The first kappa shape index (κ1) is 16.3. The molecule has 0 amide bonds. The number of methoxy groups -OCH3 is 3. The van der Waals surface area contributed by atoms with Crippen molar-refractivity contribution in [3.63, 3.8) is 0 Å². The predicted molar refractivity (Wildman–Crippen MR) is 78.2 cm³/mol. The number of carbonyl (C=O) groups is 3. The Labute approximate surface area is 131 Å². The number of hydrogen-bond donors (Lipinski definition) is 0. The molecule has 2 aromatic rings. The van der Waals surface area contributed by atoms with Crippen LogP contribution in [0.15, 0.2) is 34.9 Å². The Morgan fingerprint density at radius 2 is 1.39 bits per heavy atom. The zero-order valence-corrected chi connectivity index (χ0v) is 12.7. The normalized spacial score (nSPS) is 10.0. The van der Waals surface area contributed by atoms with Crippen LogP contribution in [0.1, 0.15) is 31.1 Å². The fourth-order valence-corrected chi connectivity index (χ4v) is 2.09. The largest absolute Gasteiger partial charge is 0.465 e. The summed E-state index contributed by atoms with van der Waals surface area (Å²) >= 11 is 0. The summed E-state index contributed by atoms with van der Waals surface area (Å²) in [5.41, 5.74) is 0.283. The van der Waals surface area contributed by atoms with Crippen LogP contribution in [0.5, 0.6) is 0 Å². The van der Waals surface area contributed by atoms with E-state index in [0.717, 1.165) is 6.26 Å². The molecule has 1 aromatic carbocycles. The molecule has 0 radical (unpaired) electrons. The van der Waals surface area contributed by atoms with E-state index < -0.39 is 17.9 Å². The average Bonchev–Trinajstić information content (AvgIpc) is 3.04. The summed E-state index contributed by atoms with van der Waals surface area (Å²) < 4.78 is 19.4. The minimum atomic E-state index is -0.784. The smallest absolute Gasteiger partial charge is 0.342 e. The van der Waals surface area contributed by atoms with E-state index in [1.165, 1.54) is 27.4 Å². The van der Waals surface area contributed by atoms with Crippen molar-refractivity contribution in [3.05, 3.63) is 47.2 Å². The van der Waals surface area contributed by atoms with Crippen LogP contribution in [-0.2, 0) is 14.2 Å². The Morgan fingerprint density at radius 3 is 2.00 bits per heavy atom. The molecule has 0 saturated heterocycles. The van der Waals surface area contributed by atoms with Gasteiger partial charge in [0.1, 0.15) is 23.2 Å². The van der Waals surface area contributed by atoms with Gasteiger partial charge in [-0.1, -0.05) is 18.2 Å². The highest BCUT2D eigenvalue weighted by Gasteiger charge is 2.29. The Balaban J connectivity index is 2.70. The summed E-state index contributed by atoms with van der Waals surface area (Å²) in [4.78, 5) is 35.7. The van der Waals surface area contributed by atoms with Crippen LogP contribution >= 0.6 is 0 Å². The van der Waals surface area contributed by atoms with Gasteiger partial charge in [-0.05, 0) is 6.07 Å². The van der Waals surface area contributed by atoms with E-state index in [-0.39, 0.29) is 22.5 Å². The Bertz CT molecular complexity index is 758. The van der Waals surface area contributed by atoms with Gasteiger partial charge in [-0.25, -0.2) is 14.4 Å². The van der Waals surface area contributed by atoms with Gasteiger partial charge < -0.3 is 18.6 Å². The number of carbonyl (C=O) groups excluding carboxylic acids is 3. The van der Waals surface area contributed by atoms with Gasteiger partial charge in [0.05, 0.1) is 26.9 Å². The molecule has 1 heterocycles. The SMILES string of the molecule is COC(=O)c1ccccc1-c1occ(C(=O)OC)c1C(=O)OC. The number of benzene rings is 1. The third kappa shape index (κ3) is 2.94. The second kappa shape index (κ2) is 6.78. The molecule has 0 atom stereocenters. The fraction of sp³-hybridized carbons (Fsp3) is 0.188. The highest BCUT2D eigenvalue weighted by atomic mass is 16.5. The third-order valence-corrected chi connectivity index (χ3v) is 3.16. The lowest BCUT2D eigenvalue weighted by molar-refractivity contribution is 0.0557. The maximum atomic E-state index is 12.1. The number of rotatable bonds is 4. The molecule has 0 bridgehead atoms. The number of hydrogen-bond acceptors (Lipinski definition) is 7. The molecule has 0 aliphatic carbocycles. The van der Waals surface area contributed by atoms with E-state index in [1.807, 2.05) is 0 Å². The lowest BCUT2D eigenvalue weighted by Crippen LogP contribution is -2.11. The molecular formula is C16H14O7. The first-order chi connectivity index (χ1) is 11.0. The van der Waals surface area contributed by atoms with Crippen LogP contribution in [0.3, 0.4) is 0 Å². The summed E-state index contributed by atoms with van der Waals surface area (Å²) in [5, 5.41) is 0. The molecule has 0 aliphatic heterocycles. The van der Waals surface area contributed by atoms with Crippen LogP contribution in [0, 0.1) is 0 Å². The molecule has 0 saturated carbocycles. The van der Waals surface area contributed by atoms with E-state index in [1.54, 1.807) is 18.2 Å². The predicted octanol–water partition coefficient (Wildman–Crippen LogP) is 2.31. The summed E-state index contributed by atoms with van der Waals surface area (Å²) in [7, 11) is 3.59. The van der Waals surface area contributed by atoms with Crippen LogP contribution in [0.2, 0.25) is 0 Å². The van der Waals surface area contributed by atoms with Gasteiger partial charge >= 0.3 is 17.9 Å². The van der Waals surface area contributed by atoms with E-state index in [4.69, 9.17) is 13.9 Å². The number of esters is 3. The lowest BCUT2D eigenvalue weighted by atomic mass is 10.0. The van der Waals surface area contributed by atoms with Crippen LogP contribution in [0.25, 0.3) is 11.3 Å². The molecule has 0 N–H and O–H groups in total. The van der Waals surface area contributed by atoms with Crippen LogP contribution in [0.4, 0.5) is 0 Å². The van der Waals surface area contributed by atoms with Gasteiger partial charge in [0.15, 0.2) is 0 Å². The first-order valence-electron chi connectivity index (χ1n) is 6.51. The lowest BCUT2D eigenvalue weighted by Gasteiger charge is -2.07. The van der Waals surface area contributed by atoms with Gasteiger partial charge in [0.25, 0.3) is 0 Å². The van der Waals surface area contributed by atoms with Crippen molar-refractivity contribution < 1.29 is 33.0 Å². The quantitative estimate of drug-likeness (QED) is 0.631.